The first-order valence-electron chi connectivity index (χ1n) is 10.9. The van der Waals surface area contributed by atoms with Gasteiger partial charge in [-0.05, 0) is 32.1 Å². The third-order valence-electron chi connectivity index (χ3n) is 5.23. The number of esters is 1. The predicted octanol–water partition coefficient (Wildman–Crippen LogP) is -0.161. The average Bonchev–Trinajstić information content (AvgIpc) is 3.32. The first-order valence-corrected chi connectivity index (χ1v) is 12.0. The number of nitrogen functional groups attached to an aromatic ring is 1. The van der Waals surface area contributed by atoms with Crippen molar-refractivity contribution in [3.63, 3.8) is 0 Å². The molecule has 0 aliphatic carbocycles. The molecule has 0 bridgehead atoms. The van der Waals surface area contributed by atoms with Gasteiger partial charge < -0.3 is 40.0 Å². The molecule has 13 heteroatoms. The number of anilines is 1. The Balaban J connectivity index is 1.56. The highest BCUT2D eigenvalue weighted by Crippen LogP contribution is 2.34. The maximum atomic E-state index is 12.3. The summed E-state index contributed by atoms with van der Waals surface area (Å²) in [5, 5.41) is 24.3. The molecule has 5 atom stereocenters. The van der Waals surface area contributed by atoms with Gasteiger partial charge in [0, 0.05) is 19.1 Å². The van der Waals surface area contributed by atoms with Crippen LogP contribution in [0.5, 0.6) is 0 Å². The third-order valence-corrected chi connectivity index (χ3v) is 6.32. The number of aromatic nitrogens is 3. The fourth-order valence-electron chi connectivity index (χ4n) is 3.62. The molecule has 0 spiro atoms. The van der Waals surface area contributed by atoms with E-state index < -0.39 is 42.5 Å². The molecule has 34 heavy (non-hydrogen) atoms. The van der Waals surface area contributed by atoms with E-state index in [0.717, 1.165) is 0 Å². The highest BCUT2D eigenvalue weighted by Gasteiger charge is 2.44. The van der Waals surface area contributed by atoms with Crippen molar-refractivity contribution in [2.24, 2.45) is 0 Å². The Morgan fingerprint density at radius 1 is 1.32 bits per heavy atom. The minimum absolute atomic E-state index is 0.162. The number of rotatable bonds is 11. The molecule has 1 aliphatic heterocycles. The van der Waals surface area contributed by atoms with E-state index in [4.69, 9.17) is 19.9 Å². The van der Waals surface area contributed by atoms with E-state index in [0.29, 0.717) is 34.8 Å². The second-order valence-electron chi connectivity index (χ2n) is 8.17. The van der Waals surface area contributed by atoms with E-state index in [2.05, 4.69) is 15.3 Å². The van der Waals surface area contributed by atoms with Crippen LogP contribution < -0.4 is 11.1 Å². The normalized spacial score (nSPS) is 23.4. The number of nitrogens with one attached hydrogen (secondary N) is 1. The van der Waals surface area contributed by atoms with Crippen LogP contribution in [0.3, 0.4) is 0 Å². The minimum Gasteiger partial charge on any atom is -0.461 e. The van der Waals surface area contributed by atoms with Gasteiger partial charge in [0.25, 0.3) is 0 Å². The van der Waals surface area contributed by atoms with Gasteiger partial charge in [0.1, 0.15) is 42.6 Å². The first-order chi connectivity index (χ1) is 16.2. The number of aliphatic hydroxyl groups excluding tert-OH is 2. The number of fused-ring (bicyclic) bond motifs is 1. The van der Waals surface area contributed by atoms with E-state index in [-0.39, 0.29) is 12.7 Å². The Labute approximate surface area is 201 Å². The van der Waals surface area contributed by atoms with Crippen molar-refractivity contribution in [2.45, 2.75) is 57.0 Å². The van der Waals surface area contributed by atoms with Crippen molar-refractivity contribution in [1.82, 2.24) is 19.9 Å². The number of nitrogens with two attached hydrogens (primary N) is 1. The summed E-state index contributed by atoms with van der Waals surface area (Å²) in [7, 11) is 1.39. The molecule has 1 amide bonds. The quantitative estimate of drug-likeness (QED) is 0.240. The molecule has 12 nitrogen and oxygen atoms in total. The molecule has 0 aromatic carbocycles. The number of hydrogen-bond donors (Lipinski definition) is 4. The van der Waals surface area contributed by atoms with Crippen LogP contribution in [0.15, 0.2) is 18.6 Å². The van der Waals surface area contributed by atoms with Gasteiger partial charge >= 0.3 is 5.97 Å². The standard InChI is InChI=1S/C21H31N5O7S/c1-11(2)32-21(30)13(25-15(27)8-31-3)5-7-34-9-14-16(28)17(29)20(33-14)26-6-4-12-18(22)23-10-24-19(12)26/h4,6,10-11,13-14,16-17,20,28-29H,5,7-9H2,1-3H3,(H,25,27)(H2,22,23,24)/t13?,14-,16-,17-,20?/m1/s1. The number of carbonyl (C=O) groups is 2. The van der Waals surface area contributed by atoms with Crippen LogP contribution in [-0.2, 0) is 23.8 Å². The van der Waals surface area contributed by atoms with Crippen molar-refractivity contribution < 1.29 is 34.0 Å². The van der Waals surface area contributed by atoms with Crippen LogP contribution in [0.25, 0.3) is 11.0 Å². The summed E-state index contributed by atoms with van der Waals surface area (Å²) in [5.74, 6) is 0.222. The lowest BCUT2D eigenvalue weighted by Gasteiger charge is -2.19. The predicted molar refractivity (Wildman–Crippen MR) is 125 cm³/mol. The van der Waals surface area contributed by atoms with Crippen LogP contribution >= 0.6 is 11.8 Å². The molecule has 3 rings (SSSR count). The third kappa shape index (κ3) is 6.16. The smallest absolute Gasteiger partial charge is 0.328 e. The molecule has 188 valence electrons. The monoisotopic (exact) mass is 497 g/mol. The summed E-state index contributed by atoms with van der Waals surface area (Å²) in [6, 6.07) is 0.908. The molecule has 1 aliphatic rings. The van der Waals surface area contributed by atoms with Gasteiger partial charge in [0.15, 0.2) is 6.23 Å². The SMILES string of the molecule is COCC(=O)NC(CCSC[C@H]1OC(n2ccc3c(N)ncnc32)[C@H](O)[C@@H]1O)C(=O)OC(C)C. The number of amides is 1. The molecule has 2 aromatic heterocycles. The number of ether oxygens (including phenoxy) is 3. The first kappa shape index (κ1) is 26.2. The highest BCUT2D eigenvalue weighted by atomic mass is 32.2. The van der Waals surface area contributed by atoms with Gasteiger partial charge in [0.2, 0.25) is 5.91 Å². The number of thioether (sulfide) groups is 1. The van der Waals surface area contributed by atoms with E-state index in [1.54, 1.807) is 30.7 Å². The summed E-state index contributed by atoms with van der Waals surface area (Å²) in [6.07, 6.45) is -0.756. The molecule has 1 fully saturated rings. The highest BCUT2D eigenvalue weighted by molar-refractivity contribution is 7.99. The zero-order chi connectivity index (χ0) is 24.8. The Morgan fingerprint density at radius 3 is 2.79 bits per heavy atom. The fraction of sp³-hybridized carbons (Fsp3) is 0.619. The average molecular weight is 498 g/mol. The molecule has 5 N–H and O–H groups in total. The van der Waals surface area contributed by atoms with Crippen molar-refractivity contribution in [3.8, 4) is 0 Å². The van der Waals surface area contributed by atoms with E-state index >= 15 is 0 Å². The molecule has 2 aromatic rings. The summed E-state index contributed by atoms with van der Waals surface area (Å²) < 4.78 is 17.6. The number of methoxy groups -OCH3 is 1. The molecule has 0 radical (unpaired) electrons. The number of hydrogen-bond acceptors (Lipinski definition) is 11. The van der Waals surface area contributed by atoms with Gasteiger partial charge in [0.05, 0.1) is 17.6 Å². The molecular weight excluding hydrogens is 466 g/mol. The molecule has 3 heterocycles. The second-order valence-corrected chi connectivity index (χ2v) is 9.32. The Kier molecular flexibility index (Phi) is 9.08. The maximum Gasteiger partial charge on any atom is 0.328 e. The number of aliphatic hydroxyl groups is 2. The van der Waals surface area contributed by atoms with Crippen LogP contribution in [0.1, 0.15) is 26.5 Å². The molecule has 1 saturated heterocycles. The maximum absolute atomic E-state index is 12.3. The summed E-state index contributed by atoms with van der Waals surface area (Å²) in [6.45, 7) is 3.30. The second kappa shape index (κ2) is 11.8. The Morgan fingerprint density at radius 2 is 2.09 bits per heavy atom. The fourth-order valence-corrected chi connectivity index (χ4v) is 4.70. The van der Waals surface area contributed by atoms with Crippen molar-refractivity contribution in [1.29, 1.82) is 0 Å². The zero-order valence-electron chi connectivity index (χ0n) is 19.3. The lowest BCUT2D eigenvalue weighted by atomic mass is 10.1. The van der Waals surface area contributed by atoms with E-state index in [1.165, 1.54) is 25.2 Å². The van der Waals surface area contributed by atoms with Crippen LogP contribution in [0.2, 0.25) is 0 Å². The number of carbonyl (C=O) groups excluding carboxylic acids is 2. The van der Waals surface area contributed by atoms with Crippen LogP contribution in [0, 0.1) is 0 Å². The summed E-state index contributed by atoms with van der Waals surface area (Å²) >= 11 is 1.43. The summed E-state index contributed by atoms with van der Waals surface area (Å²) in [5.41, 5.74) is 6.37. The largest absolute Gasteiger partial charge is 0.461 e. The molecular formula is C21H31N5O7S. The lowest BCUT2D eigenvalue weighted by Crippen LogP contribution is -2.44. The van der Waals surface area contributed by atoms with Gasteiger partial charge in [-0.15, -0.1) is 0 Å². The minimum atomic E-state index is -1.17. The van der Waals surface area contributed by atoms with Crippen LogP contribution in [0.4, 0.5) is 5.82 Å². The van der Waals surface area contributed by atoms with E-state index in [9.17, 15) is 19.8 Å². The van der Waals surface area contributed by atoms with Crippen molar-refractivity contribution >= 4 is 40.5 Å². The van der Waals surface area contributed by atoms with Gasteiger partial charge in [-0.2, -0.15) is 11.8 Å². The van der Waals surface area contributed by atoms with Crippen LogP contribution in [-0.4, -0.2) is 92.3 Å². The van der Waals surface area contributed by atoms with Gasteiger partial charge in [-0.3, -0.25) is 4.79 Å². The van der Waals surface area contributed by atoms with Gasteiger partial charge in [-0.1, -0.05) is 0 Å². The lowest BCUT2D eigenvalue weighted by molar-refractivity contribution is -0.151. The zero-order valence-corrected chi connectivity index (χ0v) is 20.1. The summed E-state index contributed by atoms with van der Waals surface area (Å²) in [4.78, 5) is 32.4. The van der Waals surface area contributed by atoms with Crippen molar-refractivity contribution in [3.05, 3.63) is 18.6 Å². The van der Waals surface area contributed by atoms with Gasteiger partial charge in [-0.25, -0.2) is 14.8 Å². The molecule has 0 saturated carbocycles. The van der Waals surface area contributed by atoms with Crippen molar-refractivity contribution in [2.75, 3.05) is 31.0 Å². The molecule has 2 unspecified atom stereocenters. The van der Waals surface area contributed by atoms with E-state index in [1.807, 2.05) is 0 Å². The number of nitrogens with zero attached hydrogens (tertiary/aromatic N) is 3. The topological polar surface area (TPSA) is 171 Å². The Bertz CT molecular complexity index is 988. The Hall–Kier alpha value is -2.45.